The first-order valence-electron chi connectivity index (χ1n) is 8.10. The van der Waals surface area contributed by atoms with E-state index in [1.54, 1.807) is 0 Å². The SMILES string of the molecule is Nc1ncnc2c1NCN2C1OC(COP(=O)(O)OP(=O)(O)OP(=O)(O)O)C(O)C1O. The van der Waals surface area contributed by atoms with Gasteiger partial charge in [-0.3, -0.25) is 4.52 Å². The van der Waals surface area contributed by atoms with Gasteiger partial charge in [-0.05, 0) is 0 Å². The second kappa shape index (κ2) is 8.61. The number of nitrogens with one attached hydrogen (secondary N) is 1. The van der Waals surface area contributed by atoms with Gasteiger partial charge in [0.25, 0.3) is 0 Å². The van der Waals surface area contributed by atoms with Gasteiger partial charge in [-0.1, -0.05) is 0 Å². The van der Waals surface area contributed by atoms with Crippen molar-refractivity contribution in [2.45, 2.75) is 24.5 Å². The first-order valence-corrected chi connectivity index (χ1v) is 12.6. The van der Waals surface area contributed by atoms with Gasteiger partial charge in [-0.15, -0.1) is 0 Å². The molecule has 1 aromatic heterocycles. The van der Waals surface area contributed by atoms with E-state index in [0.29, 0.717) is 5.69 Å². The number of nitrogens with zero attached hydrogens (tertiary/aromatic N) is 3. The van der Waals surface area contributed by atoms with Crippen LogP contribution in [0.25, 0.3) is 0 Å². The summed E-state index contributed by atoms with van der Waals surface area (Å²) >= 11 is 0. The Morgan fingerprint density at radius 1 is 1.13 bits per heavy atom. The number of aromatic nitrogens is 2. The first kappa shape index (κ1) is 24.4. The van der Waals surface area contributed by atoms with Crippen LogP contribution >= 0.6 is 23.5 Å². The monoisotopic (exact) mass is 509 g/mol. The van der Waals surface area contributed by atoms with E-state index in [1.165, 1.54) is 11.2 Å². The Bertz CT molecular complexity index is 975. The summed E-state index contributed by atoms with van der Waals surface area (Å²) in [4.78, 5) is 44.8. The van der Waals surface area contributed by atoms with Crippen molar-refractivity contribution in [1.29, 1.82) is 0 Å². The summed E-state index contributed by atoms with van der Waals surface area (Å²) in [6, 6.07) is 0. The van der Waals surface area contributed by atoms with E-state index >= 15 is 0 Å². The number of anilines is 3. The average Bonchev–Trinajstić information content (AvgIpc) is 3.13. The van der Waals surface area contributed by atoms with Gasteiger partial charge < -0.3 is 50.5 Å². The average molecular weight is 509 g/mol. The Morgan fingerprint density at radius 3 is 2.45 bits per heavy atom. The number of nitrogens with two attached hydrogens (primary N) is 1. The van der Waals surface area contributed by atoms with Crippen LogP contribution in [0.2, 0.25) is 0 Å². The molecule has 0 aromatic carbocycles. The summed E-state index contributed by atoms with van der Waals surface area (Å²) in [6.45, 7) is -0.867. The van der Waals surface area contributed by atoms with Crippen molar-refractivity contribution in [3.05, 3.63) is 6.33 Å². The lowest BCUT2D eigenvalue weighted by molar-refractivity contribution is -0.0215. The van der Waals surface area contributed by atoms with E-state index in [9.17, 15) is 28.8 Å². The second-order valence-corrected chi connectivity index (χ2v) is 10.6. The minimum Gasteiger partial charge on any atom is -0.387 e. The molecule has 3 rings (SSSR count). The van der Waals surface area contributed by atoms with Gasteiger partial charge in [0.1, 0.15) is 30.3 Å². The predicted octanol–water partition coefficient (Wildman–Crippen LogP) is -1.96. The molecule has 2 aliphatic rings. The topological polar surface area (TPSA) is 277 Å². The van der Waals surface area contributed by atoms with Gasteiger partial charge in [-0.2, -0.15) is 8.62 Å². The van der Waals surface area contributed by atoms with Crippen LogP contribution in [0.5, 0.6) is 0 Å². The zero-order chi connectivity index (χ0) is 23.2. The highest BCUT2D eigenvalue weighted by Crippen LogP contribution is 2.66. The molecule has 9 N–H and O–H groups in total. The summed E-state index contributed by atoms with van der Waals surface area (Å²) < 4.78 is 50.8. The molecule has 1 fully saturated rings. The smallest absolute Gasteiger partial charge is 0.387 e. The van der Waals surface area contributed by atoms with Crippen LogP contribution in [0.3, 0.4) is 0 Å². The third kappa shape index (κ3) is 5.77. The minimum atomic E-state index is -5.69. The Balaban J connectivity index is 1.64. The van der Waals surface area contributed by atoms with Crippen LogP contribution < -0.4 is 16.0 Å². The third-order valence-electron chi connectivity index (χ3n) is 4.02. The van der Waals surface area contributed by atoms with E-state index < -0.39 is 54.6 Å². The summed E-state index contributed by atoms with van der Waals surface area (Å²) in [5, 5.41) is 23.3. The molecule has 18 nitrogen and oxygen atoms in total. The molecule has 31 heavy (non-hydrogen) atoms. The van der Waals surface area contributed by atoms with Gasteiger partial charge >= 0.3 is 23.5 Å². The van der Waals surface area contributed by atoms with Crippen molar-refractivity contribution >= 4 is 40.8 Å². The summed E-state index contributed by atoms with van der Waals surface area (Å²) in [5.74, 6) is 0.391. The number of ether oxygens (including phenoxy) is 1. The summed E-state index contributed by atoms with van der Waals surface area (Å²) in [6.07, 6.45) is -4.64. The second-order valence-electron chi connectivity index (χ2n) is 6.20. The molecule has 6 unspecified atom stereocenters. The van der Waals surface area contributed by atoms with Crippen molar-refractivity contribution in [2.75, 3.05) is 29.2 Å². The number of hydrogen-bond acceptors (Lipinski definition) is 14. The first-order chi connectivity index (χ1) is 14.2. The maximum atomic E-state index is 11.8. The van der Waals surface area contributed by atoms with E-state index in [1.807, 2.05) is 0 Å². The molecule has 1 aromatic rings. The van der Waals surface area contributed by atoms with Crippen molar-refractivity contribution in [2.24, 2.45) is 0 Å². The molecule has 0 radical (unpaired) electrons. The molecule has 0 amide bonds. The van der Waals surface area contributed by atoms with Crippen molar-refractivity contribution in [3.8, 4) is 0 Å². The number of aliphatic hydroxyl groups is 2. The van der Waals surface area contributed by atoms with Crippen LogP contribution in [0.4, 0.5) is 17.3 Å². The number of hydrogen-bond donors (Lipinski definition) is 8. The van der Waals surface area contributed by atoms with E-state index in [2.05, 4.69) is 28.4 Å². The van der Waals surface area contributed by atoms with Crippen LogP contribution in [-0.4, -0.2) is 77.6 Å². The van der Waals surface area contributed by atoms with E-state index in [0.717, 1.165) is 0 Å². The molecule has 0 saturated carbocycles. The zero-order valence-electron chi connectivity index (χ0n) is 15.1. The van der Waals surface area contributed by atoms with Crippen molar-refractivity contribution in [3.63, 3.8) is 0 Å². The number of fused-ring (bicyclic) bond motifs is 1. The lowest BCUT2D eigenvalue weighted by Crippen LogP contribution is -2.44. The lowest BCUT2D eigenvalue weighted by atomic mass is 10.1. The van der Waals surface area contributed by atoms with Crippen molar-refractivity contribution in [1.82, 2.24) is 9.97 Å². The van der Waals surface area contributed by atoms with E-state index in [4.69, 9.17) is 25.2 Å². The molecule has 6 atom stereocenters. The molecule has 0 aliphatic carbocycles. The number of rotatable bonds is 8. The predicted molar refractivity (Wildman–Crippen MR) is 97.9 cm³/mol. The molecule has 0 bridgehead atoms. The fourth-order valence-corrected chi connectivity index (χ4v) is 5.85. The van der Waals surface area contributed by atoms with E-state index in [-0.39, 0.29) is 18.3 Å². The van der Waals surface area contributed by atoms with Gasteiger partial charge in [-0.25, -0.2) is 23.7 Å². The van der Waals surface area contributed by atoms with Gasteiger partial charge in [0.2, 0.25) is 0 Å². The fourth-order valence-electron chi connectivity index (χ4n) is 2.82. The number of nitrogen functional groups attached to an aromatic ring is 1. The zero-order valence-corrected chi connectivity index (χ0v) is 17.8. The van der Waals surface area contributed by atoms with Gasteiger partial charge in [0, 0.05) is 0 Å². The highest BCUT2D eigenvalue weighted by molar-refractivity contribution is 7.66. The lowest BCUT2D eigenvalue weighted by Gasteiger charge is -2.26. The summed E-state index contributed by atoms with van der Waals surface area (Å²) in [5.41, 5.74) is 6.08. The maximum Gasteiger partial charge on any atom is 0.490 e. The highest BCUT2D eigenvalue weighted by Gasteiger charge is 2.49. The molecule has 2 aliphatic heterocycles. The normalized spacial score (nSPS) is 29.8. The van der Waals surface area contributed by atoms with Crippen LogP contribution in [0, 0.1) is 0 Å². The Morgan fingerprint density at radius 2 is 1.81 bits per heavy atom. The number of phosphoric ester groups is 1. The highest BCUT2D eigenvalue weighted by atomic mass is 31.3. The van der Waals surface area contributed by atoms with Crippen LogP contribution in [0.15, 0.2) is 6.33 Å². The molecule has 0 spiro atoms. The fraction of sp³-hybridized carbons (Fsp3) is 0.600. The maximum absolute atomic E-state index is 11.8. The Labute approximate surface area is 173 Å². The summed E-state index contributed by atoms with van der Waals surface area (Å²) in [7, 11) is -16.6. The molecule has 1 saturated heterocycles. The van der Waals surface area contributed by atoms with Crippen LogP contribution in [-0.2, 0) is 31.6 Å². The molecular formula is C10H18N5O13P3. The van der Waals surface area contributed by atoms with Gasteiger partial charge in [0.15, 0.2) is 17.9 Å². The molecule has 21 heteroatoms. The Kier molecular flexibility index (Phi) is 6.78. The van der Waals surface area contributed by atoms with Gasteiger partial charge in [0.05, 0.1) is 13.3 Å². The van der Waals surface area contributed by atoms with Crippen molar-refractivity contribution < 1.29 is 61.4 Å². The largest absolute Gasteiger partial charge is 0.490 e. The Hall–Kier alpha value is -1.23. The van der Waals surface area contributed by atoms with Crippen LogP contribution in [0.1, 0.15) is 0 Å². The molecule has 176 valence electrons. The molecular weight excluding hydrogens is 491 g/mol. The quantitative estimate of drug-likeness (QED) is 0.177. The minimum absolute atomic E-state index is 0.0647. The third-order valence-corrected chi connectivity index (χ3v) is 7.82. The standard InChI is InChI=1S/C10H18N5O13P3/c11-8-5-9(13-2-12-8)15(3-14-5)10-7(17)6(16)4(26-10)1-25-30(21,22)28-31(23,24)27-29(18,19)20/h2,4,6-7,10,14,16-17H,1,3H2,(H,21,22)(H,23,24)(H2,11,12,13)(H2,18,19,20). The number of aliphatic hydroxyl groups excluding tert-OH is 2. The number of phosphoric acid groups is 3. The molecule has 3 heterocycles.